The Morgan fingerprint density at radius 1 is 0.965 bits per heavy atom. The fourth-order valence-corrected chi connectivity index (χ4v) is 8.80. The van der Waals surface area contributed by atoms with Crippen molar-refractivity contribution in [3.05, 3.63) is 89.0 Å². The molecule has 3 aromatic rings. The molecule has 0 spiro atoms. The first-order chi connectivity index (χ1) is 27.3. The Labute approximate surface area is 328 Å². The van der Waals surface area contributed by atoms with Gasteiger partial charge >= 0.3 is 11.9 Å². The number of carboxylic acids is 1. The van der Waals surface area contributed by atoms with Crippen molar-refractivity contribution in [3.63, 3.8) is 0 Å². The number of phenols is 2. The number of aliphatic hydroxyl groups is 5. The van der Waals surface area contributed by atoms with Crippen molar-refractivity contribution in [1.82, 2.24) is 0 Å². The molecule has 7 rings (SSSR count). The minimum absolute atomic E-state index is 0.0402. The third-order valence-electron chi connectivity index (χ3n) is 11.7. The van der Waals surface area contributed by atoms with Crippen molar-refractivity contribution in [2.75, 3.05) is 18.2 Å². The van der Waals surface area contributed by atoms with Gasteiger partial charge in [-0.2, -0.15) is 0 Å². The number of aliphatic hydroxyl groups excluding tert-OH is 4. The summed E-state index contributed by atoms with van der Waals surface area (Å²) in [6, 6.07) is 15.6. The Kier molecular flexibility index (Phi) is 11.2. The van der Waals surface area contributed by atoms with Crippen molar-refractivity contribution in [2.24, 2.45) is 9.98 Å². The van der Waals surface area contributed by atoms with Crippen molar-refractivity contribution >= 4 is 35.1 Å². The first kappa shape index (κ1) is 40.1. The Morgan fingerprint density at radius 2 is 1.68 bits per heavy atom. The highest BCUT2D eigenvalue weighted by molar-refractivity contribution is 6.43. The van der Waals surface area contributed by atoms with Crippen LogP contribution in [0.1, 0.15) is 73.6 Å². The number of nitrogens with zero attached hydrogens (tertiary/aromatic N) is 3. The number of aromatic hydroxyl groups is 2. The number of benzene rings is 3. The highest BCUT2D eigenvalue weighted by Gasteiger charge is 2.56. The molecule has 15 nitrogen and oxygen atoms in total. The van der Waals surface area contributed by atoms with E-state index in [1.54, 1.807) is 12.1 Å². The molecular formula is C42H47N3O12. The first-order valence-electron chi connectivity index (χ1n) is 19.1. The molecule has 8 N–H and O–H groups in total. The number of rotatable bonds is 12. The van der Waals surface area contributed by atoms with Gasteiger partial charge in [0.05, 0.1) is 23.7 Å². The van der Waals surface area contributed by atoms with Crippen LogP contribution in [0.4, 0.5) is 5.69 Å². The van der Waals surface area contributed by atoms with Gasteiger partial charge in [-0.05, 0) is 72.1 Å². The average molecular weight is 786 g/mol. The predicted molar refractivity (Wildman–Crippen MR) is 207 cm³/mol. The van der Waals surface area contributed by atoms with E-state index in [0.717, 1.165) is 53.6 Å². The summed E-state index contributed by atoms with van der Waals surface area (Å²) in [7, 11) is 0. The van der Waals surface area contributed by atoms with Crippen LogP contribution in [-0.4, -0.2) is 114 Å². The third kappa shape index (κ3) is 7.54. The monoisotopic (exact) mass is 785 g/mol. The molecule has 1 saturated carbocycles. The van der Waals surface area contributed by atoms with Gasteiger partial charge in [-0.1, -0.05) is 56.2 Å². The molecule has 1 saturated heterocycles. The Hall–Kier alpha value is -5.16. The number of carbonyl (C=O) groups excluding carboxylic acids is 1. The van der Waals surface area contributed by atoms with Gasteiger partial charge in [-0.3, -0.25) is 19.7 Å². The van der Waals surface area contributed by atoms with Crippen LogP contribution in [0.25, 0.3) is 6.08 Å². The van der Waals surface area contributed by atoms with Crippen LogP contribution < -0.4 is 9.64 Å². The van der Waals surface area contributed by atoms with Gasteiger partial charge in [-0.25, -0.2) is 4.79 Å². The van der Waals surface area contributed by atoms with Crippen LogP contribution in [-0.2, 0) is 26.2 Å². The summed E-state index contributed by atoms with van der Waals surface area (Å²) in [5.74, 6) is -7.06. The van der Waals surface area contributed by atoms with Crippen molar-refractivity contribution < 1.29 is 59.9 Å². The molecule has 0 aromatic heterocycles. The first-order valence-corrected chi connectivity index (χ1v) is 19.1. The topological polar surface area (TPSA) is 242 Å². The number of ether oxygens (including phenoxy) is 2. The predicted octanol–water partition coefficient (Wildman–Crippen LogP) is 2.90. The molecular weight excluding hydrogens is 738 g/mol. The maximum Gasteiger partial charge on any atom is 0.355 e. The van der Waals surface area contributed by atoms with Gasteiger partial charge in [0.25, 0.3) is 5.91 Å². The van der Waals surface area contributed by atoms with Crippen LogP contribution in [0, 0.1) is 0 Å². The van der Waals surface area contributed by atoms with E-state index >= 15 is 0 Å². The molecule has 1 amide bonds. The average Bonchev–Trinajstić information content (AvgIpc) is 3.95. The number of phenolic OH excluding ortho intramolecular Hbond substituents is 2. The number of carboxylic acid groups (broad SMARTS) is 1. The normalized spacial score (nSPS) is 28.0. The van der Waals surface area contributed by atoms with Gasteiger partial charge in [-0.15, -0.1) is 0 Å². The molecule has 1 aliphatic carbocycles. The number of amides is 1. The van der Waals surface area contributed by atoms with Crippen LogP contribution in [0.5, 0.6) is 17.2 Å². The van der Waals surface area contributed by atoms with E-state index < -0.39 is 77.7 Å². The quantitative estimate of drug-likeness (QED) is 0.0977. The van der Waals surface area contributed by atoms with E-state index in [0.29, 0.717) is 42.6 Å². The number of hydrogen-bond donors (Lipinski definition) is 8. The summed E-state index contributed by atoms with van der Waals surface area (Å²) in [5.41, 5.74) is 3.70. The summed E-state index contributed by atoms with van der Waals surface area (Å²) in [5, 5.41) is 85.1. The van der Waals surface area contributed by atoms with E-state index in [-0.39, 0.29) is 11.4 Å². The van der Waals surface area contributed by atoms with Gasteiger partial charge in [0.15, 0.2) is 17.6 Å². The second kappa shape index (κ2) is 16.0. The van der Waals surface area contributed by atoms with Crippen LogP contribution >= 0.6 is 0 Å². The summed E-state index contributed by atoms with van der Waals surface area (Å²) in [6.07, 6.45) is -0.274. The number of hydrogen-bond acceptors (Lipinski definition) is 13. The third-order valence-corrected chi connectivity index (χ3v) is 11.7. The molecule has 3 aromatic carbocycles. The number of carbonyl (C=O) groups is 2. The van der Waals surface area contributed by atoms with Gasteiger partial charge in [0, 0.05) is 30.0 Å². The fraction of sp³-hybridized carbons (Fsp3) is 0.429. The smallest absolute Gasteiger partial charge is 0.355 e. The second-order valence-corrected chi connectivity index (χ2v) is 15.1. The second-order valence-electron chi connectivity index (χ2n) is 15.1. The van der Waals surface area contributed by atoms with Crippen LogP contribution in [0.3, 0.4) is 0 Å². The Morgan fingerprint density at radius 3 is 2.37 bits per heavy atom. The molecule has 3 heterocycles. The fourth-order valence-electron chi connectivity index (χ4n) is 8.80. The largest absolute Gasteiger partial charge is 0.508 e. The van der Waals surface area contributed by atoms with Gasteiger partial charge < -0.3 is 50.3 Å². The van der Waals surface area contributed by atoms with E-state index in [4.69, 9.17) is 9.47 Å². The highest BCUT2D eigenvalue weighted by Crippen LogP contribution is 2.55. The summed E-state index contributed by atoms with van der Waals surface area (Å²) in [6.45, 7) is 1.42. The van der Waals surface area contributed by atoms with E-state index in [2.05, 4.69) is 9.98 Å². The number of aliphatic imine (C=N–C) groups is 2. The zero-order chi connectivity index (χ0) is 40.6. The highest BCUT2D eigenvalue weighted by atomic mass is 16.8. The lowest BCUT2D eigenvalue weighted by atomic mass is 9.70. The maximum absolute atomic E-state index is 14.4. The standard InChI is InChI=1S/C42H47N3O12/c1-2-28-29(44-22-43-28)17-24-16-23(10-12-31(24)47)11-13-35(49)45-30-19-33(56-42(55)39(52)38(51)37(50)34(21-46)57-42)32(48)18-26(30)27(36(45)40(53)54)20-41(14-6-7-15-41)25-8-4-3-5-9-25/h3-5,8-13,16,18-19,27,34,36-39,46-48,50-52,55H,2,6-7,14-15,17,20-22H2,1H3,(H,53,54). The summed E-state index contributed by atoms with van der Waals surface area (Å²) < 4.78 is 10.8. The maximum atomic E-state index is 14.4. The molecule has 0 bridgehead atoms. The lowest BCUT2D eigenvalue weighted by Crippen LogP contribution is -2.67. The number of fused-ring (bicyclic) bond motifs is 1. The van der Waals surface area contributed by atoms with E-state index in [9.17, 15) is 50.4 Å². The molecule has 57 heavy (non-hydrogen) atoms. The molecule has 2 fully saturated rings. The molecule has 15 heteroatoms. The summed E-state index contributed by atoms with van der Waals surface area (Å²) >= 11 is 0. The molecule has 302 valence electrons. The lowest BCUT2D eigenvalue weighted by molar-refractivity contribution is -0.422. The lowest BCUT2D eigenvalue weighted by Gasteiger charge is -2.44. The van der Waals surface area contributed by atoms with Crippen LogP contribution in [0.2, 0.25) is 0 Å². The number of anilines is 1. The van der Waals surface area contributed by atoms with E-state index in [1.807, 2.05) is 37.3 Å². The molecule has 0 radical (unpaired) electrons. The number of aliphatic carboxylic acids is 1. The minimum Gasteiger partial charge on any atom is -0.508 e. The molecule has 7 unspecified atom stereocenters. The van der Waals surface area contributed by atoms with Crippen molar-refractivity contribution in [1.29, 1.82) is 0 Å². The van der Waals surface area contributed by atoms with Crippen LogP contribution in [0.15, 0.2) is 76.7 Å². The van der Waals surface area contributed by atoms with Crippen molar-refractivity contribution in [2.45, 2.75) is 99.6 Å². The Bertz CT molecular complexity index is 2100. The van der Waals surface area contributed by atoms with E-state index in [1.165, 1.54) is 24.3 Å². The molecule has 7 atom stereocenters. The van der Waals surface area contributed by atoms with Crippen molar-refractivity contribution in [3.8, 4) is 17.2 Å². The molecule has 4 aliphatic rings. The summed E-state index contributed by atoms with van der Waals surface area (Å²) in [4.78, 5) is 37.7. The van der Waals surface area contributed by atoms with Gasteiger partial charge in [0.2, 0.25) is 0 Å². The minimum atomic E-state index is -3.09. The SMILES string of the molecule is CCC1=NCN=C1Cc1cc(C=CC(=O)N2c3cc(OC4(O)OC(CO)C(O)C(O)C4O)c(O)cc3C(CC3(c4ccccc4)CCCC3)C2C(=O)O)ccc1O. The molecule has 3 aliphatic heterocycles. The van der Waals surface area contributed by atoms with Gasteiger partial charge in [0.1, 0.15) is 36.8 Å². The zero-order valence-corrected chi connectivity index (χ0v) is 31.3. The Balaban J connectivity index is 1.28. The zero-order valence-electron chi connectivity index (χ0n) is 31.3.